The highest BCUT2D eigenvalue weighted by Gasteiger charge is 2.30. The summed E-state index contributed by atoms with van der Waals surface area (Å²) in [6, 6.07) is 7.93. The van der Waals surface area contributed by atoms with Gasteiger partial charge in [-0.05, 0) is 73.6 Å². The first kappa shape index (κ1) is 22.9. The van der Waals surface area contributed by atoms with Gasteiger partial charge in [0.2, 0.25) is 5.91 Å². The lowest BCUT2D eigenvalue weighted by molar-refractivity contribution is -0.119. The van der Waals surface area contributed by atoms with Crippen LogP contribution in [0, 0.1) is 11.8 Å². The molecular weight excluding hydrogens is 422 g/mol. The molecule has 5 nitrogen and oxygen atoms in total. The SMILES string of the molecule is CCC(CCC1CCc2c(C(=O)NCc3ccc(Cl)cc3)cn(C)c2C1)C1CCC(=O)N1. The summed E-state index contributed by atoms with van der Waals surface area (Å²) < 4.78 is 2.15. The van der Waals surface area contributed by atoms with E-state index in [2.05, 4.69) is 29.2 Å². The second-order valence-electron chi connectivity index (χ2n) is 9.46. The normalized spacial score (nSPS) is 21.2. The predicted molar refractivity (Wildman–Crippen MR) is 128 cm³/mol. The molecule has 3 atom stereocenters. The Hall–Kier alpha value is -2.27. The number of aryl methyl sites for hydroxylation is 1. The molecule has 2 amide bonds. The molecule has 1 aliphatic carbocycles. The van der Waals surface area contributed by atoms with E-state index in [1.807, 2.05) is 30.5 Å². The largest absolute Gasteiger partial charge is 0.353 e. The number of aromatic nitrogens is 1. The van der Waals surface area contributed by atoms with E-state index >= 15 is 0 Å². The predicted octanol–water partition coefficient (Wildman–Crippen LogP) is 4.80. The first-order valence-electron chi connectivity index (χ1n) is 11.9. The molecule has 172 valence electrons. The highest BCUT2D eigenvalue weighted by atomic mass is 35.5. The van der Waals surface area contributed by atoms with Crippen molar-refractivity contribution in [3.8, 4) is 0 Å². The van der Waals surface area contributed by atoms with Crippen molar-refractivity contribution < 1.29 is 9.59 Å². The number of nitrogens with one attached hydrogen (secondary N) is 2. The summed E-state index contributed by atoms with van der Waals surface area (Å²) in [5.41, 5.74) is 4.37. The van der Waals surface area contributed by atoms with Gasteiger partial charge in [-0.1, -0.05) is 37.1 Å². The fourth-order valence-corrected chi connectivity index (χ4v) is 5.57. The van der Waals surface area contributed by atoms with Crippen LogP contribution in [0.4, 0.5) is 0 Å². The van der Waals surface area contributed by atoms with Gasteiger partial charge in [-0.2, -0.15) is 0 Å². The molecule has 0 saturated carbocycles. The van der Waals surface area contributed by atoms with Gasteiger partial charge in [0.05, 0.1) is 5.56 Å². The lowest BCUT2D eigenvalue weighted by Crippen LogP contribution is -2.33. The Morgan fingerprint density at radius 3 is 2.72 bits per heavy atom. The van der Waals surface area contributed by atoms with Gasteiger partial charge in [-0.15, -0.1) is 0 Å². The number of amides is 2. The number of carbonyl (C=O) groups excluding carboxylic acids is 2. The third-order valence-electron chi connectivity index (χ3n) is 7.39. The number of fused-ring (bicyclic) bond motifs is 1. The first-order chi connectivity index (χ1) is 15.4. The molecule has 1 fully saturated rings. The Kier molecular flexibility index (Phi) is 7.24. The van der Waals surface area contributed by atoms with Crippen molar-refractivity contribution in [3.05, 3.63) is 57.9 Å². The van der Waals surface area contributed by atoms with Crippen LogP contribution >= 0.6 is 11.6 Å². The lowest BCUT2D eigenvalue weighted by atomic mass is 9.80. The molecule has 4 rings (SSSR count). The van der Waals surface area contributed by atoms with Crippen molar-refractivity contribution in [2.24, 2.45) is 18.9 Å². The minimum absolute atomic E-state index is 0.00160. The number of halogens is 1. The Morgan fingerprint density at radius 1 is 1.25 bits per heavy atom. The van der Waals surface area contributed by atoms with Crippen LogP contribution in [0.3, 0.4) is 0 Å². The number of carbonyl (C=O) groups is 2. The van der Waals surface area contributed by atoms with E-state index < -0.39 is 0 Å². The van der Waals surface area contributed by atoms with Gasteiger partial charge in [0.1, 0.15) is 0 Å². The molecule has 32 heavy (non-hydrogen) atoms. The number of hydrogen-bond donors (Lipinski definition) is 2. The topological polar surface area (TPSA) is 63.1 Å². The van der Waals surface area contributed by atoms with E-state index in [0.717, 1.165) is 43.2 Å². The van der Waals surface area contributed by atoms with Crippen LogP contribution in [-0.4, -0.2) is 22.4 Å². The summed E-state index contributed by atoms with van der Waals surface area (Å²) in [6.45, 7) is 2.73. The molecular formula is C26H34ClN3O2. The van der Waals surface area contributed by atoms with E-state index in [-0.39, 0.29) is 11.8 Å². The molecule has 2 N–H and O–H groups in total. The molecule has 6 heteroatoms. The summed E-state index contributed by atoms with van der Waals surface area (Å²) in [4.78, 5) is 24.5. The molecule has 2 aromatic rings. The van der Waals surface area contributed by atoms with Gasteiger partial charge in [0.25, 0.3) is 5.91 Å². The first-order valence-corrected chi connectivity index (χ1v) is 12.3. The highest BCUT2D eigenvalue weighted by Crippen LogP contribution is 2.34. The number of hydrogen-bond acceptors (Lipinski definition) is 2. The lowest BCUT2D eigenvalue weighted by Gasteiger charge is -2.27. The van der Waals surface area contributed by atoms with Gasteiger partial charge in [-0.25, -0.2) is 0 Å². The van der Waals surface area contributed by atoms with E-state index in [1.54, 1.807) is 0 Å². The maximum Gasteiger partial charge on any atom is 0.253 e. The number of rotatable bonds is 8. The third-order valence-corrected chi connectivity index (χ3v) is 7.64. The standard InChI is InChI=1S/C26H34ClN3O2/c1-3-19(23-12-13-25(31)29-23)8-4-17-7-11-21-22(16-30(2)24(21)14-17)26(32)28-15-18-5-9-20(27)10-6-18/h5-6,9-10,16-17,19,23H,3-4,7-8,11-15H2,1-2H3,(H,28,32)(H,29,31). The van der Waals surface area contributed by atoms with Gasteiger partial charge in [0.15, 0.2) is 0 Å². The molecule has 0 spiro atoms. The maximum atomic E-state index is 12.9. The van der Waals surface area contributed by atoms with Gasteiger partial charge in [0, 0.05) is 43.0 Å². The zero-order valence-electron chi connectivity index (χ0n) is 19.1. The second-order valence-corrected chi connectivity index (χ2v) is 9.89. The Labute approximate surface area is 195 Å². The molecule has 3 unspecified atom stereocenters. The number of benzene rings is 1. The molecule has 1 aromatic carbocycles. The maximum absolute atomic E-state index is 12.9. The minimum atomic E-state index is -0.00160. The van der Waals surface area contributed by atoms with Crippen LogP contribution in [0.5, 0.6) is 0 Å². The molecule has 1 aromatic heterocycles. The van der Waals surface area contributed by atoms with Crippen LogP contribution in [0.2, 0.25) is 5.02 Å². The minimum Gasteiger partial charge on any atom is -0.353 e. The molecule has 1 aliphatic heterocycles. The smallest absolute Gasteiger partial charge is 0.253 e. The van der Waals surface area contributed by atoms with Crippen LogP contribution in [0.1, 0.15) is 72.6 Å². The monoisotopic (exact) mass is 455 g/mol. The van der Waals surface area contributed by atoms with Crippen molar-refractivity contribution >= 4 is 23.4 Å². The zero-order valence-corrected chi connectivity index (χ0v) is 19.9. The summed E-state index contributed by atoms with van der Waals surface area (Å²) in [5, 5.41) is 6.93. The Bertz CT molecular complexity index is 966. The van der Waals surface area contributed by atoms with E-state index in [1.165, 1.54) is 24.1 Å². The van der Waals surface area contributed by atoms with Crippen LogP contribution in [0.15, 0.2) is 30.5 Å². The quantitative estimate of drug-likeness (QED) is 0.600. The molecule has 0 bridgehead atoms. The summed E-state index contributed by atoms with van der Waals surface area (Å²) in [5.74, 6) is 1.43. The van der Waals surface area contributed by atoms with Gasteiger partial charge in [-0.3, -0.25) is 9.59 Å². The third kappa shape index (κ3) is 5.20. The van der Waals surface area contributed by atoms with E-state index in [0.29, 0.717) is 35.9 Å². The Balaban J connectivity index is 1.34. The van der Waals surface area contributed by atoms with Crippen molar-refractivity contribution in [2.75, 3.05) is 0 Å². The highest BCUT2D eigenvalue weighted by molar-refractivity contribution is 6.30. The molecule has 2 aliphatic rings. The van der Waals surface area contributed by atoms with Crippen molar-refractivity contribution in [2.45, 2.75) is 70.9 Å². The fourth-order valence-electron chi connectivity index (χ4n) is 5.44. The average Bonchev–Trinajstić information content (AvgIpc) is 3.37. The summed E-state index contributed by atoms with van der Waals surface area (Å²) in [6.07, 6.45) is 10.2. The second kappa shape index (κ2) is 10.1. The fraction of sp³-hybridized carbons (Fsp3) is 0.538. The zero-order chi connectivity index (χ0) is 22.7. The van der Waals surface area contributed by atoms with Crippen LogP contribution < -0.4 is 10.6 Å². The Morgan fingerprint density at radius 2 is 2.03 bits per heavy atom. The van der Waals surface area contributed by atoms with Crippen molar-refractivity contribution in [1.82, 2.24) is 15.2 Å². The molecule has 1 saturated heterocycles. The van der Waals surface area contributed by atoms with Crippen LogP contribution in [-0.2, 0) is 31.2 Å². The van der Waals surface area contributed by atoms with E-state index in [9.17, 15) is 9.59 Å². The molecule has 0 radical (unpaired) electrons. The van der Waals surface area contributed by atoms with Gasteiger partial charge >= 0.3 is 0 Å². The summed E-state index contributed by atoms with van der Waals surface area (Å²) >= 11 is 5.94. The van der Waals surface area contributed by atoms with Crippen LogP contribution in [0.25, 0.3) is 0 Å². The van der Waals surface area contributed by atoms with E-state index in [4.69, 9.17) is 11.6 Å². The van der Waals surface area contributed by atoms with Crippen molar-refractivity contribution in [3.63, 3.8) is 0 Å². The number of nitrogens with zero attached hydrogens (tertiary/aromatic N) is 1. The average molecular weight is 456 g/mol. The van der Waals surface area contributed by atoms with Gasteiger partial charge < -0.3 is 15.2 Å². The van der Waals surface area contributed by atoms with Crippen molar-refractivity contribution in [1.29, 1.82) is 0 Å². The molecule has 2 heterocycles. The summed E-state index contributed by atoms with van der Waals surface area (Å²) in [7, 11) is 2.06.